The summed E-state index contributed by atoms with van der Waals surface area (Å²) in [5.74, 6) is -0.0985. The molecule has 0 saturated heterocycles. The Bertz CT molecular complexity index is 766. The zero-order chi connectivity index (χ0) is 15.4. The number of benzene rings is 2. The van der Waals surface area contributed by atoms with Gasteiger partial charge in [-0.25, -0.2) is 4.68 Å². The standard InChI is InChI=1S/C17H18N4O/c1-2-8-16(18-17(22)13-9-4-3-5-10-13)21-15-12-7-6-11-14(15)19-20-21/h3-7,9-12,16H,2,8H2,1H3,(H,18,22)/t16-/m1/s1. The van der Waals surface area contributed by atoms with Gasteiger partial charge in [-0.05, 0) is 30.7 Å². The van der Waals surface area contributed by atoms with Gasteiger partial charge in [0.1, 0.15) is 11.7 Å². The second-order valence-corrected chi connectivity index (χ2v) is 5.17. The molecule has 0 fully saturated rings. The van der Waals surface area contributed by atoms with Crippen LogP contribution in [0.15, 0.2) is 54.6 Å². The number of nitrogens with zero attached hydrogens (tertiary/aromatic N) is 3. The Morgan fingerprint density at radius 2 is 1.86 bits per heavy atom. The van der Waals surface area contributed by atoms with Crippen molar-refractivity contribution in [3.05, 3.63) is 60.2 Å². The van der Waals surface area contributed by atoms with Crippen molar-refractivity contribution in [1.82, 2.24) is 20.3 Å². The number of aromatic nitrogens is 3. The van der Waals surface area contributed by atoms with Crippen LogP contribution >= 0.6 is 0 Å². The molecule has 0 spiro atoms. The molecule has 1 heterocycles. The van der Waals surface area contributed by atoms with Crippen molar-refractivity contribution < 1.29 is 4.79 Å². The number of amides is 1. The van der Waals surface area contributed by atoms with Gasteiger partial charge in [0.25, 0.3) is 5.91 Å². The number of carbonyl (C=O) groups excluding carboxylic acids is 1. The number of rotatable bonds is 5. The highest BCUT2D eigenvalue weighted by Gasteiger charge is 2.17. The lowest BCUT2D eigenvalue weighted by Crippen LogP contribution is -2.33. The van der Waals surface area contributed by atoms with Crippen LogP contribution in [0.3, 0.4) is 0 Å². The van der Waals surface area contributed by atoms with Gasteiger partial charge in [-0.15, -0.1) is 5.10 Å². The number of fused-ring (bicyclic) bond motifs is 1. The van der Waals surface area contributed by atoms with Crippen molar-refractivity contribution >= 4 is 16.9 Å². The Morgan fingerprint density at radius 3 is 2.64 bits per heavy atom. The van der Waals surface area contributed by atoms with Gasteiger partial charge in [0.05, 0.1) is 5.52 Å². The Labute approximate surface area is 129 Å². The number of hydrogen-bond donors (Lipinski definition) is 1. The zero-order valence-corrected chi connectivity index (χ0v) is 12.4. The third-order valence-electron chi connectivity index (χ3n) is 3.57. The Hall–Kier alpha value is -2.69. The summed E-state index contributed by atoms with van der Waals surface area (Å²) in [7, 11) is 0. The summed E-state index contributed by atoms with van der Waals surface area (Å²) in [5, 5.41) is 11.4. The van der Waals surface area contributed by atoms with E-state index in [4.69, 9.17) is 0 Å². The molecular weight excluding hydrogens is 276 g/mol. The van der Waals surface area contributed by atoms with Gasteiger partial charge in [0, 0.05) is 5.56 Å². The average Bonchev–Trinajstić information content (AvgIpc) is 2.99. The van der Waals surface area contributed by atoms with Crippen molar-refractivity contribution in [2.24, 2.45) is 0 Å². The molecule has 22 heavy (non-hydrogen) atoms. The number of para-hydroxylation sites is 1. The van der Waals surface area contributed by atoms with Gasteiger partial charge in [0.2, 0.25) is 0 Å². The second kappa shape index (κ2) is 6.39. The van der Waals surface area contributed by atoms with Crippen LogP contribution in [0.25, 0.3) is 11.0 Å². The maximum Gasteiger partial charge on any atom is 0.252 e. The van der Waals surface area contributed by atoms with Crippen molar-refractivity contribution in [1.29, 1.82) is 0 Å². The quantitative estimate of drug-likeness (QED) is 0.786. The molecule has 1 aromatic heterocycles. The highest BCUT2D eigenvalue weighted by atomic mass is 16.1. The lowest BCUT2D eigenvalue weighted by Gasteiger charge is -2.19. The molecule has 2 aromatic carbocycles. The van der Waals surface area contributed by atoms with E-state index >= 15 is 0 Å². The molecule has 1 amide bonds. The molecular formula is C17H18N4O. The molecule has 1 atom stereocenters. The first-order valence-corrected chi connectivity index (χ1v) is 7.45. The first kappa shape index (κ1) is 14.3. The van der Waals surface area contributed by atoms with E-state index in [1.165, 1.54) is 0 Å². The van der Waals surface area contributed by atoms with Gasteiger partial charge in [0.15, 0.2) is 0 Å². The van der Waals surface area contributed by atoms with E-state index < -0.39 is 0 Å². The van der Waals surface area contributed by atoms with E-state index in [0.717, 1.165) is 23.9 Å². The van der Waals surface area contributed by atoms with Crippen LogP contribution in [0.2, 0.25) is 0 Å². The fourth-order valence-corrected chi connectivity index (χ4v) is 2.47. The highest BCUT2D eigenvalue weighted by molar-refractivity contribution is 5.94. The number of nitrogens with one attached hydrogen (secondary N) is 1. The van der Waals surface area contributed by atoms with Gasteiger partial charge < -0.3 is 5.32 Å². The summed E-state index contributed by atoms with van der Waals surface area (Å²) in [6.07, 6.45) is 1.53. The topological polar surface area (TPSA) is 59.8 Å². The van der Waals surface area contributed by atoms with E-state index in [2.05, 4.69) is 22.6 Å². The summed E-state index contributed by atoms with van der Waals surface area (Å²) in [6, 6.07) is 17.0. The minimum absolute atomic E-state index is 0.0985. The van der Waals surface area contributed by atoms with Crippen molar-refractivity contribution in [2.75, 3.05) is 0 Å². The first-order valence-electron chi connectivity index (χ1n) is 7.45. The molecule has 0 aliphatic rings. The van der Waals surface area contributed by atoms with E-state index in [9.17, 15) is 4.79 Å². The molecule has 0 aliphatic heterocycles. The van der Waals surface area contributed by atoms with Gasteiger partial charge in [-0.2, -0.15) is 0 Å². The number of hydrogen-bond acceptors (Lipinski definition) is 3. The summed E-state index contributed by atoms with van der Waals surface area (Å²) in [4.78, 5) is 12.4. The molecule has 0 unspecified atom stereocenters. The van der Waals surface area contributed by atoms with Gasteiger partial charge >= 0.3 is 0 Å². The Kier molecular flexibility index (Phi) is 4.14. The van der Waals surface area contributed by atoms with Crippen LogP contribution in [0, 0.1) is 0 Å². The van der Waals surface area contributed by atoms with Crippen LogP contribution in [-0.4, -0.2) is 20.9 Å². The summed E-state index contributed by atoms with van der Waals surface area (Å²) in [6.45, 7) is 2.08. The van der Waals surface area contributed by atoms with Crippen LogP contribution in [-0.2, 0) is 0 Å². The van der Waals surface area contributed by atoms with Crippen LogP contribution in [0.1, 0.15) is 36.3 Å². The van der Waals surface area contributed by atoms with E-state index in [1.807, 2.05) is 42.5 Å². The molecule has 3 rings (SSSR count). The first-order chi connectivity index (χ1) is 10.8. The largest absolute Gasteiger partial charge is 0.330 e. The molecule has 0 saturated carbocycles. The zero-order valence-electron chi connectivity index (χ0n) is 12.4. The minimum atomic E-state index is -0.204. The van der Waals surface area contributed by atoms with Crippen molar-refractivity contribution in [3.8, 4) is 0 Å². The molecule has 5 nitrogen and oxygen atoms in total. The molecule has 0 aliphatic carbocycles. The molecule has 3 aromatic rings. The Morgan fingerprint density at radius 1 is 1.14 bits per heavy atom. The molecule has 0 radical (unpaired) electrons. The maximum absolute atomic E-state index is 12.4. The summed E-state index contributed by atoms with van der Waals surface area (Å²) < 4.78 is 1.79. The molecule has 112 valence electrons. The average molecular weight is 294 g/mol. The lowest BCUT2D eigenvalue weighted by molar-refractivity contribution is 0.0913. The SMILES string of the molecule is CCC[C@H](NC(=O)c1ccccc1)n1nnc2ccccc21. The fourth-order valence-electron chi connectivity index (χ4n) is 2.47. The summed E-state index contributed by atoms with van der Waals surface area (Å²) >= 11 is 0. The van der Waals surface area contributed by atoms with Crippen LogP contribution in [0.5, 0.6) is 0 Å². The monoisotopic (exact) mass is 294 g/mol. The third kappa shape index (κ3) is 2.83. The predicted octanol–water partition coefficient (Wildman–Crippen LogP) is 3.16. The smallest absolute Gasteiger partial charge is 0.252 e. The van der Waals surface area contributed by atoms with Crippen molar-refractivity contribution in [2.45, 2.75) is 25.9 Å². The molecule has 0 bridgehead atoms. The van der Waals surface area contributed by atoms with Crippen LogP contribution < -0.4 is 5.32 Å². The van der Waals surface area contributed by atoms with E-state index in [0.29, 0.717) is 5.56 Å². The normalized spacial score (nSPS) is 12.2. The van der Waals surface area contributed by atoms with E-state index in [1.54, 1.807) is 16.8 Å². The number of carbonyl (C=O) groups is 1. The second-order valence-electron chi connectivity index (χ2n) is 5.17. The lowest BCUT2D eigenvalue weighted by atomic mass is 10.2. The minimum Gasteiger partial charge on any atom is -0.330 e. The van der Waals surface area contributed by atoms with Gasteiger partial charge in [-0.1, -0.05) is 48.9 Å². The maximum atomic E-state index is 12.4. The summed E-state index contributed by atoms with van der Waals surface area (Å²) in [5.41, 5.74) is 2.40. The van der Waals surface area contributed by atoms with E-state index in [-0.39, 0.29) is 12.1 Å². The van der Waals surface area contributed by atoms with Gasteiger partial charge in [-0.3, -0.25) is 4.79 Å². The fraction of sp³-hybridized carbons (Fsp3) is 0.235. The predicted molar refractivity (Wildman–Crippen MR) is 85.4 cm³/mol. The molecule has 1 N–H and O–H groups in total. The van der Waals surface area contributed by atoms with Crippen molar-refractivity contribution in [3.63, 3.8) is 0 Å². The Balaban J connectivity index is 1.88. The van der Waals surface area contributed by atoms with Crippen LogP contribution in [0.4, 0.5) is 0 Å². The molecule has 5 heteroatoms. The third-order valence-corrected chi connectivity index (χ3v) is 3.57. The highest BCUT2D eigenvalue weighted by Crippen LogP contribution is 2.18.